The Bertz CT molecular complexity index is 904. The van der Waals surface area contributed by atoms with Gasteiger partial charge in [0, 0.05) is 24.7 Å². The molecule has 0 radical (unpaired) electrons. The highest BCUT2D eigenvalue weighted by Crippen LogP contribution is 2.32. The quantitative estimate of drug-likeness (QED) is 0.678. The molecule has 2 aromatic heterocycles. The van der Waals surface area contributed by atoms with Crippen molar-refractivity contribution in [2.45, 2.75) is 45.1 Å². The molecule has 1 saturated heterocycles. The lowest BCUT2D eigenvalue weighted by Gasteiger charge is -2.24. The van der Waals surface area contributed by atoms with Crippen LogP contribution in [0.5, 0.6) is 0 Å². The van der Waals surface area contributed by atoms with Crippen LogP contribution >= 0.6 is 0 Å². The molecular weight excluding hydrogens is 326 g/mol. The van der Waals surface area contributed by atoms with Gasteiger partial charge in [0.2, 0.25) is 0 Å². The summed E-state index contributed by atoms with van der Waals surface area (Å²) in [6.07, 6.45) is 6.73. The largest absolute Gasteiger partial charge is 0.441 e. The Kier molecular flexibility index (Phi) is 4.69. The number of pyridine rings is 1. The van der Waals surface area contributed by atoms with Crippen molar-refractivity contribution in [3.63, 3.8) is 0 Å². The zero-order chi connectivity index (χ0) is 17.9. The predicted octanol–water partition coefficient (Wildman–Crippen LogP) is 4.54. The summed E-state index contributed by atoms with van der Waals surface area (Å²) in [5.41, 5.74) is 3.13. The average Bonchev–Trinajstić information content (AvgIpc) is 3.32. The average molecular weight is 349 g/mol. The monoisotopic (exact) mass is 349 g/mol. The summed E-state index contributed by atoms with van der Waals surface area (Å²) in [7, 11) is 0. The lowest BCUT2D eigenvalue weighted by molar-refractivity contribution is 0.0733. The van der Waals surface area contributed by atoms with Crippen molar-refractivity contribution in [3.8, 4) is 0 Å². The normalized spacial score (nSPS) is 17.1. The van der Waals surface area contributed by atoms with E-state index in [1.54, 1.807) is 6.20 Å². The van der Waals surface area contributed by atoms with E-state index in [1.807, 2.05) is 41.3 Å². The van der Waals surface area contributed by atoms with Gasteiger partial charge in [0.1, 0.15) is 5.52 Å². The van der Waals surface area contributed by atoms with Gasteiger partial charge in [-0.2, -0.15) is 0 Å². The Morgan fingerprint density at radius 2 is 2.23 bits per heavy atom. The number of benzene rings is 1. The van der Waals surface area contributed by atoms with Crippen LogP contribution in [0.15, 0.2) is 47.0 Å². The molecule has 1 aliphatic rings. The van der Waals surface area contributed by atoms with Crippen LogP contribution in [-0.2, 0) is 6.42 Å². The van der Waals surface area contributed by atoms with Gasteiger partial charge in [0.15, 0.2) is 11.5 Å². The second kappa shape index (κ2) is 7.28. The maximum Gasteiger partial charge on any atom is 0.254 e. The van der Waals surface area contributed by atoms with Gasteiger partial charge in [-0.1, -0.05) is 19.4 Å². The maximum atomic E-state index is 13.1. The van der Waals surface area contributed by atoms with Crippen molar-refractivity contribution < 1.29 is 9.21 Å². The highest BCUT2D eigenvalue weighted by Gasteiger charge is 2.31. The number of aryl methyl sites for hydroxylation is 1. The lowest BCUT2D eigenvalue weighted by atomic mass is 10.1. The number of fused-ring (bicyclic) bond motifs is 1. The maximum absolute atomic E-state index is 13.1. The van der Waals surface area contributed by atoms with E-state index in [1.165, 1.54) is 0 Å². The fourth-order valence-electron chi connectivity index (χ4n) is 3.60. The van der Waals surface area contributed by atoms with Crippen LogP contribution in [0.1, 0.15) is 60.6 Å². The van der Waals surface area contributed by atoms with Gasteiger partial charge in [0.05, 0.1) is 11.7 Å². The van der Waals surface area contributed by atoms with Gasteiger partial charge in [-0.05, 0) is 49.6 Å². The van der Waals surface area contributed by atoms with Gasteiger partial charge in [-0.15, -0.1) is 0 Å². The molecule has 1 atom stereocenters. The summed E-state index contributed by atoms with van der Waals surface area (Å²) in [4.78, 5) is 24.0. The minimum Gasteiger partial charge on any atom is -0.441 e. The van der Waals surface area contributed by atoms with Gasteiger partial charge in [-0.25, -0.2) is 4.98 Å². The van der Waals surface area contributed by atoms with Crippen molar-refractivity contribution >= 4 is 17.0 Å². The molecule has 3 aromatic rings. The Labute approximate surface area is 153 Å². The van der Waals surface area contributed by atoms with Crippen LogP contribution < -0.4 is 0 Å². The number of rotatable bonds is 5. The minimum atomic E-state index is 0.0400. The van der Waals surface area contributed by atoms with Crippen LogP contribution in [0.25, 0.3) is 11.1 Å². The Balaban J connectivity index is 1.59. The fourth-order valence-corrected chi connectivity index (χ4v) is 3.60. The fraction of sp³-hybridized carbons (Fsp3) is 0.381. The Morgan fingerprint density at radius 3 is 3.04 bits per heavy atom. The minimum absolute atomic E-state index is 0.0400. The van der Waals surface area contributed by atoms with Crippen molar-refractivity contribution in [1.82, 2.24) is 14.9 Å². The molecule has 5 heteroatoms. The summed E-state index contributed by atoms with van der Waals surface area (Å²) < 4.78 is 5.77. The number of nitrogens with zero attached hydrogens (tertiary/aromatic N) is 3. The standard InChI is InChI=1S/C21H23N3O2/c1-2-3-9-20-23-17-14-15(10-11-19(17)26-20)21(25)24-13-6-8-18(24)16-7-4-5-12-22-16/h4-5,7,10-12,14,18H,2-3,6,8-9,13H2,1H3/t18-/m1/s1. The predicted molar refractivity (Wildman–Crippen MR) is 99.9 cm³/mol. The third-order valence-corrected chi connectivity index (χ3v) is 4.97. The van der Waals surface area contributed by atoms with E-state index in [2.05, 4.69) is 16.9 Å². The zero-order valence-corrected chi connectivity index (χ0v) is 15.0. The zero-order valence-electron chi connectivity index (χ0n) is 15.0. The van der Waals surface area contributed by atoms with Crippen LogP contribution in [0.3, 0.4) is 0 Å². The van der Waals surface area contributed by atoms with Crippen molar-refractivity contribution in [1.29, 1.82) is 0 Å². The lowest BCUT2D eigenvalue weighted by Crippen LogP contribution is -2.30. The van der Waals surface area contributed by atoms with Crippen LogP contribution in [0.4, 0.5) is 0 Å². The van der Waals surface area contributed by atoms with E-state index in [0.717, 1.165) is 61.3 Å². The molecule has 0 bridgehead atoms. The van der Waals surface area contributed by atoms with Crippen LogP contribution in [0, 0.1) is 0 Å². The first-order valence-corrected chi connectivity index (χ1v) is 9.37. The van der Waals surface area contributed by atoms with Crippen molar-refractivity contribution in [2.24, 2.45) is 0 Å². The van der Waals surface area contributed by atoms with E-state index in [0.29, 0.717) is 5.56 Å². The van der Waals surface area contributed by atoms with E-state index < -0.39 is 0 Å². The molecule has 1 aliphatic heterocycles. The van der Waals surface area contributed by atoms with Crippen LogP contribution in [-0.4, -0.2) is 27.3 Å². The SMILES string of the molecule is CCCCc1nc2cc(C(=O)N3CCC[C@@H]3c3ccccn3)ccc2o1. The van der Waals surface area contributed by atoms with Gasteiger partial charge < -0.3 is 9.32 Å². The molecule has 0 spiro atoms. The number of aromatic nitrogens is 2. The second-order valence-electron chi connectivity index (χ2n) is 6.80. The summed E-state index contributed by atoms with van der Waals surface area (Å²) in [5.74, 6) is 0.789. The molecular formula is C21H23N3O2. The Hall–Kier alpha value is -2.69. The molecule has 4 rings (SSSR count). The molecule has 0 aliphatic carbocycles. The number of hydrogen-bond donors (Lipinski definition) is 0. The first-order chi connectivity index (χ1) is 12.8. The van der Waals surface area contributed by atoms with E-state index in [4.69, 9.17) is 4.42 Å². The summed E-state index contributed by atoms with van der Waals surface area (Å²) in [6.45, 7) is 2.91. The molecule has 1 amide bonds. The van der Waals surface area contributed by atoms with Crippen LogP contribution in [0.2, 0.25) is 0 Å². The molecule has 1 fully saturated rings. The van der Waals surface area contributed by atoms with E-state index >= 15 is 0 Å². The number of hydrogen-bond acceptors (Lipinski definition) is 4. The first-order valence-electron chi connectivity index (χ1n) is 9.37. The van der Waals surface area contributed by atoms with Crippen molar-refractivity contribution in [3.05, 3.63) is 59.7 Å². The van der Waals surface area contributed by atoms with Gasteiger partial charge in [-0.3, -0.25) is 9.78 Å². The number of oxazole rings is 1. The van der Waals surface area contributed by atoms with Crippen molar-refractivity contribution in [2.75, 3.05) is 6.54 Å². The summed E-state index contributed by atoms with van der Waals surface area (Å²) in [5, 5.41) is 0. The van der Waals surface area contributed by atoms with E-state index in [-0.39, 0.29) is 11.9 Å². The number of carbonyl (C=O) groups excluding carboxylic acids is 1. The smallest absolute Gasteiger partial charge is 0.254 e. The molecule has 134 valence electrons. The molecule has 3 heterocycles. The first kappa shape index (κ1) is 16.8. The number of likely N-dealkylation sites (tertiary alicyclic amines) is 1. The van der Waals surface area contributed by atoms with Gasteiger partial charge in [0.25, 0.3) is 5.91 Å². The molecule has 0 N–H and O–H groups in total. The number of unbranched alkanes of at least 4 members (excludes halogenated alkanes) is 1. The molecule has 1 aromatic carbocycles. The summed E-state index contributed by atoms with van der Waals surface area (Å²) in [6, 6.07) is 11.5. The highest BCUT2D eigenvalue weighted by molar-refractivity contribution is 5.97. The van der Waals surface area contributed by atoms with Gasteiger partial charge >= 0.3 is 0 Å². The molecule has 26 heavy (non-hydrogen) atoms. The number of amides is 1. The van der Waals surface area contributed by atoms with E-state index in [9.17, 15) is 4.79 Å². The third-order valence-electron chi connectivity index (χ3n) is 4.97. The molecule has 0 saturated carbocycles. The topological polar surface area (TPSA) is 59.2 Å². The molecule has 5 nitrogen and oxygen atoms in total. The summed E-state index contributed by atoms with van der Waals surface area (Å²) >= 11 is 0. The number of carbonyl (C=O) groups is 1. The highest BCUT2D eigenvalue weighted by atomic mass is 16.3. The third kappa shape index (κ3) is 3.21. The Morgan fingerprint density at radius 1 is 1.31 bits per heavy atom. The second-order valence-corrected chi connectivity index (χ2v) is 6.80. The molecule has 0 unspecified atom stereocenters.